The molecule has 2 amide bonds. The van der Waals surface area contributed by atoms with Crippen molar-refractivity contribution in [3.63, 3.8) is 0 Å². The summed E-state index contributed by atoms with van der Waals surface area (Å²) in [5.41, 5.74) is 0.362. The molecule has 0 aromatic heterocycles. The van der Waals surface area contributed by atoms with Crippen molar-refractivity contribution in [3.8, 4) is 6.07 Å². The van der Waals surface area contributed by atoms with Gasteiger partial charge >= 0.3 is 0 Å². The lowest BCUT2D eigenvalue weighted by Gasteiger charge is -2.25. The third-order valence-electron chi connectivity index (χ3n) is 3.08. The fourth-order valence-electron chi connectivity index (χ4n) is 1.92. The average Bonchev–Trinajstić information content (AvgIpc) is 2.47. The van der Waals surface area contributed by atoms with Crippen molar-refractivity contribution in [1.82, 2.24) is 10.2 Å². The van der Waals surface area contributed by atoms with Gasteiger partial charge in [0, 0.05) is 6.54 Å². The molecule has 2 rings (SSSR count). The van der Waals surface area contributed by atoms with Crippen LogP contribution in [0.5, 0.6) is 0 Å². The van der Waals surface area contributed by atoms with Crippen molar-refractivity contribution in [3.05, 3.63) is 29.8 Å². The molecule has 0 bridgehead atoms. The first kappa shape index (κ1) is 15.2. The highest BCUT2D eigenvalue weighted by Gasteiger charge is 2.27. The summed E-state index contributed by atoms with van der Waals surface area (Å²) in [7, 11) is -3.61. The molecule has 8 heteroatoms. The molecular weight excluding hydrogens is 294 g/mol. The van der Waals surface area contributed by atoms with Crippen molar-refractivity contribution >= 4 is 21.7 Å². The molecule has 0 saturated carbocycles. The molecule has 0 atom stereocenters. The summed E-state index contributed by atoms with van der Waals surface area (Å²) in [6.45, 7) is -0.104. The lowest BCUT2D eigenvalue weighted by atomic mass is 10.2. The molecular formula is C13H13N3O4S. The van der Waals surface area contributed by atoms with Crippen LogP contribution in [0.25, 0.3) is 0 Å². The fraction of sp³-hybridized carbons (Fsp3) is 0.308. The zero-order valence-corrected chi connectivity index (χ0v) is 11.9. The second-order valence-electron chi connectivity index (χ2n) is 4.50. The Labute approximate surface area is 122 Å². The normalized spacial score (nSPS) is 15.9. The molecule has 1 N–H and O–H groups in total. The molecule has 1 aliphatic rings. The Hall–Kier alpha value is -2.24. The summed E-state index contributed by atoms with van der Waals surface area (Å²) in [4.78, 5) is 24.1. The van der Waals surface area contributed by atoms with Gasteiger partial charge in [-0.1, -0.05) is 0 Å². The minimum absolute atomic E-state index is 0.0304. The second kappa shape index (κ2) is 6.03. The van der Waals surface area contributed by atoms with Gasteiger partial charge in [-0.3, -0.25) is 19.8 Å². The number of carbonyl (C=O) groups excluding carboxylic acids is 2. The first-order valence-electron chi connectivity index (χ1n) is 6.21. The molecule has 1 saturated heterocycles. The monoisotopic (exact) mass is 307 g/mol. The Balaban J connectivity index is 2.08. The van der Waals surface area contributed by atoms with Crippen LogP contribution < -0.4 is 5.32 Å². The molecule has 1 heterocycles. The number of nitriles is 1. The van der Waals surface area contributed by atoms with Gasteiger partial charge < -0.3 is 0 Å². The maximum absolute atomic E-state index is 12.1. The topological polar surface area (TPSA) is 107 Å². The minimum atomic E-state index is -3.61. The summed E-state index contributed by atoms with van der Waals surface area (Å²) in [6.07, 6.45) is 0. The zero-order valence-electron chi connectivity index (χ0n) is 11.1. The molecule has 21 heavy (non-hydrogen) atoms. The van der Waals surface area contributed by atoms with E-state index < -0.39 is 21.7 Å². The van der Waals surface area contributed by atoms with E-state index in [1.165, 1.54) is 24.3 Å². The number of benzene rings is 1. The predicted octanol–water partition coefficient (Wildman–Crippen LogP) is -0.710. The van der Waals surface area contributed by atoms with Gasteiger partial charge in [-0.2, -0.15) is 5.26 Å². The van der Waals surface area contributed by atoms with Gasteiger partial charge in [0.2, 0.25) is 11.8 Å². The number of amides is 2. The van der Waals surface area contributed by atoms with Crippen LogP contribution in [-0.2, 0) is 19.4 Å². The maximum Gasteiger partial charge on any atom is 0.243 e. The highest BCUT2D eigenvalue weighted by atomic mass is 32.2. The first-order chi connectivity index (χ1) is 9.94. The Morgan fingerprint density at radius 1 is 1.14 bits per heavy atom. The van der Waals surface area contributed by atoms with Crippen molar-refractivity contribution < 1.29 is 18.0 Å². The van der Waals surface area contributed by atoms with E-state index in [1.807, 2.05) is 6.07 Å². The Bertz CT molecular complexity index is 688. The fourth-order valence-corrected chi connectivity index (χ4v) is 3.13. The number of nitrogens with one attached hydrogen (secondary N) is 1. The quantitative estimate of drug-likeness (QED) is 0.736. The number of sulfone groups is 1. The Kier molecular flexibility index (Phi) is 4.35. The van der Waals surface area contributed by atoms with Gasteiger partial charge in [-0.05, 0) is 24.3 Å². The van der Waals surface area contributed by atoms with E-state index in [-0.39, 0.29) is 30.3 Å². The molecule has 110 valence electrons. The van der Waals surface area contributed by atoms with Crippen LogP contribution in [-0.4, -0.2) is 50.5 Å². The summed E-state index contributed by atoms with van der Waals surface area (Å²) in [5.74, 6) is -1.20. The van der Waals surface area contributed by atoms with Gasteiger partial charge in [-0.25, -0.2) is 8.42 Å². The first-order valence-corrected chi connectivity index (χ1v) is 7.86. The van der Waals surface area contributed by atoms with Gasteiger partial charge in [0.15, 0.2) is 9.84 Å². The average molecular weight is 307 g/mol. The van der Waals surface area contributed by atoms with E-state index in [1.54, 1.807) is 0 Å². The van der Waals surface area contributed by atoms with Crippen LogP contribution in [0.3, 0.4) is 0 Å². The summed E-state index contributed by atoms with van der Waals surface area (Å²) >= 11 is 0. The summed E-state index contributed by atoms with van der Waals surface area (Å²) in [6, 6.07) is 7.41. The summed E-state index contributed by atoms with van der Waals surface area (Å²) < 4.78 is 24.3. The number of piperazine rings is 1. The van der Waals surface area contributed by atoms with E-state index in [0.717, 1.165) is 4.90 Å². The van der Waals surface area contributed by atoms with Crippen molar-refractivity contribution in [1.29, 1.82) is 5.26 Å². The minimum Gasteiger partial charge on any atom is -0.300 e. The standard InChI is InChI=1S/C13H13N3O4S/c14-7-10-1-3-11(4-2-10)21(19,20)6-5-16-12(17)8-15-9-13(16)18/h1-4,15H,5-6,8-9H2. The molecule has 7 nitrogen and oxygen atoms in total. The molecule has 1 aromatic carbocycles. The van der Waals surface area contributed by atoms with Crippen LogP contribution >= 0.6 is 0 Å². The lowest BCUT2D eigenvalue weighted by molar-refractivity contribution is -0.146. The second-order valence-corrected chi connectivity index (χ2v) is 6.61. The van der Waals surface area contributed by atoms with E-state index in [2.05, 4.69) is 5.32 Å². The van der Waals surface area contributed by atoms with Crippen LogP contribution in [0.2, 0.25) is 0 Å². The number of hydrogen-bond acceptors (Lipinski definition) is 6. The lowest BCUT2D eigenvalue weighted by Crippen LogP contribution is -2.53. The van der Waals surface area contributed by atoms with Crippen molar-refractivity contribution in [2.45, 2.75) is 4.90 Å². The molecule has 1 fully saturated rings. The molecule has 0 spiro atoms. The van der Waals surface area contributed by atoms with Gasteiger partial charge in [-0.15, -0.1) is 0 Å². The van der Waals surface area contributed by atoms with Crippen LogP contribution in [0.1, 0.15) is 5.56 Å². The largest absolute Gasteiger partial charge is 0.300 e. The third-order valence-corrected chi connectivity index (χ3v) is 4.79. The van der Waals surface area contributed by atoms with Crippen LogP contribution in [0, 0.1) is 11.3 Å². The number of rotatable bonds is 4. The number of carbonyl (C=O) groups is 2. The number of imide groups is 1. The van der Waals surface area contributed by atoms with E-state index in [9.17, 15) is 18.0 Å². The molecule has 0 radical (unpaired) electrons. The highest BCUT2D eigenvalue weighted by molar-refractivity contribution is 7.91. The molecule has 1 aliphatic heterocycles. The summed E-state index contributed by atoms with van der Waals surface area (Å²) in [5, 5.41) is 11.3. The molecule has 0 unspecified atom stereocenters. The van der Waals surface area contributed by atoms with E-state index in [4.69, 9.17) is 5.26 Å². The molecule has 0 aliphatic carbocycles. The zero-order chi connectivity index (χ0) is 15.5. The van der Waals surface area contributed by atoms with Gasteiger partial charge in [0.25, 0.3) is 0 Å². The maximum atomic E-state index is 12.1. The Morgan fingerprint density at radius 2 is 1.71 bits per heavy atom. The predicted molar refractivity (Wildman–Crippen MR) is 72.8 cm³/mol. The smallest absolute Gasteiger partial charge is 0.243 e. The van der Waals surface area contributed by atoms with Crippen LogP contribution in [0.4, 0.5) is 0 Å². The van der Waals surface area contributed by atoms with Gasteiger partial charge in [0.1, 0.15) is 0 Å². The SMILES string of the molecule is N#Cc1ccc(S(=O)(=O)CCN2C(=O)CNCC2=O)cc1. The van der Waals surface area contributed by atoms with Crippen LogP contribution in [0.15, 0.2) is 29.2 Å². The number of hydrogen-bond donors (Lipinski definition) is 1. The van der Waals surface area contributed by atoms with E-state index in [0.29, 0.717) is 5.56 Å². The highest BCUT2D eigenvalue weighted by Crippen LogP contribution is 2.13. The van der Waals surface area contributed by atoms with Crippen molar-refractivity contribution in [2.75, 3.05) is 25.4 Å². The number of nitrogens with zero attached hydrogens (tertiary/aromatic N) is 2. The van der Waals surface area contributed by atoms with Crippen molar-refractivity contribution in [2.24, 2.45) is 0 Å². The third kappa shape index (κ3) is 3.45. The Morgan fingerprint density at radius 3 is 2.24 bits per heavy atom. The van der Waals surface area contributed by atoms with E-state index >= 15 is 0 Å². The molecule has 1 aromatic rings. The van der Waals surface area contributed by atoms with Gasteiger partial charge in [0.05, 0.1) is 35.4 Å².